The van der Waals surface area contributed by atoms with E-state index in [-0.39, 0.29) is 12.2 Å². The molecule has 0 saturated carbocycles. The minimum atomic E-state index is -1.08. The summed E-state index contributed by atoms with van der Waals surface area (Å²) in [5.41, 5.74) is 0.502. The van der Waals surface area contributed by atoms with Crippen LogP contribution in [0.4, 0.5) is 10.1 Å². The van der Waals surface area contributed by atoms with Crippen molar-refractivity contribution in [3.8, 4) is 0 Å². The monoisotopic (exact) mass is 278 g/mol. The third-order valence-corrected chi connectivity index (χ3v) is 2.57. The van der Waals surface area contributed by atoms with Gasteiger partial charge in [-0.25, -0.2) is 9.07 Å². The smallest absolute Gasteiger partial charge is 0.325 e. The van der Waals surface area contributed by atoms with Gasteiger partial charge in [-0.1, -0.05) is 5.21 Å². The number of rotatable bonds is 4. The number of aliphatic carboxylic acids is 1. The predicted octanol–water partition coefficient (Wildman–Crippen LogP) is 0.778. The van der Waals surface area contributed by atoms with E-state index in [4.69, 9.17) is 5.11 Å². The van der Waals surface area contributed by atoms with E-state index in [1.54, 1.807) is 0 Å². The minimum absolute atomic E-state index is 0.0121. The topological polar surface area (TPSA) is 88.3 Å². The molecule has 0 bridgehead atoms. The van der Waals surface area contributed by atoms with Crippen LogP contribution in [0, 0.1) is 5.82 Å². The Balaban J connectivity index is 2.16. The Morgan fingerprint density at radius 3 is 2.60 bits per heavy atom. The molecule has 104 valence electrons. The van der Waals surface area contributed by atoms with Crippen molar-refractivity contribution in [3.63, 3.8) is 0 Å². The second kappa shape index (κ2) is 5.47. The first-order valence-electron chi connectivity index (χ1n) is 5.63. The number of nitrogens with zero attached hydrogens (tertiary/aromatic N) is 4. The van der Waals surface area contributed by atoms with Crippen LogP contribution < -0.4 is 4.90 Å². The van der Waals surface area contributed by atoms with Gasteiger partial charge in [0.2, 0.25) is 0 Å². The average Bonchev–Trinajstić information content (AvgIpc) is 2.85. The fraction of sp³-hybridized carbons (Fsp3) is 0.167. The number of carbonyl (C=O) groups is 2. The van der Waals surface area contributed by atoms with Crippen LogP contribution in [0.25, 0.3) is 0 Å². The number of halogens is 1. The van der Waals surface area contributed by atoms with E-state index in [0.29, 0.717) is 5.69 Å². The molecular formula is C12H11FN4O3. The quantitative estimate of drug-likeness (QED) is 0.892. The van der Waals surface area contributed by atoms with Crippen LogP contribution >= 0.6 is 0 Å². The summed E-state index contributed by atoms with van der Waals surface area (Å²) in [6.45, 7) is -0.374. The van der Waals surface area contributed by atoms with Crippen molar-refractivity contribution in [1.82, 2.24) is 15.0 Å². The van der Waals surface area contributed by atoms with Gasteiger partial charge < -0.3 is 10.0 Å². The van der Waals surface area contributed by atoms with Crippen LogP contribution in [0.15, 0.2) is 30.5 Å². The fourth-order valence-electron chi connectivity index (χ4n) is 1.57. The second-order valence-corrected chi connectivity index (χ2v) is 4.04. The van der Waals surface area contributed by atoms with Gasteiger partial charge >= 0.3 is 5.97 Å². The van der Waals surface area contributed by atoms with Gasteiger partial charge in [-0.3, -0.25) is 9.59 Å². The molecule has 0 fully saturated rings. The lowest BCUT2D eigenvalue weighted by molar-refractivity contribution is -0.137. The first kappa shape index (κ1) is 13.7. The van der Waals surface area contributed by atoms with E-state index in [1.165, 1.54) is 42.4 Å². The highest BCUT2D eigenvalue weighted by molar-refractivity contribution is 6.04. The number of anilines is 1. The Morgan fingerprint density at radius 2 is 2.00 bits per heavy atom. The molecule has 2 aromatic rings. The Bertz CT molecular complexity index is 638. The third kappa shape index (κ3) is 2.97. The molecule has 1 amide bonds. The lowest BCUT2D eigenvalue weighted by Crippen LogP contribution is -2.26. The molecule has 0 aliphatic carbocycles. The van der Waals surface area contributed by atoms with Gasteiger partial charge in [0.25, 0.3) is 5.91 Å². The number of amides is 1. The van der Waals surface area contributed by atoms with Crippen LogP contribution in [0.2, 0.25) is 0 Å². The van der Waals surface area contributed by atoms with Gasteiger partial charge in [-0.15, -0.1) is 5.10 Å². The zero-order valence-corrected chi connectivity index (χ0v) is 10.5. The molecule has 20 heavy (non-hydrogen) atoms. The Hall–Kier alpha value is -2.77. The highest BCUT2D eigenvalue weighted by Gasteiger charge is 2.17. The molecule has 1 aromatic carbocycles. The van der Waals surface area contributed by atoms with E-state index in [0.717, 1.165) is 4.68 Å². The minimum Gasteiger partial charge on any atom is -0.480 e. The zero-order valence-electron chi connectivity index (χ0n) is 10.5. The average molecular weight is 278 g/mol. The maximum atomic E-state index is 12.8. The van der Waals surface area contributed by atoms with Gasteiger partial charge in [-0.2, -0.15) is 0 Å². The molecule has 0 atom stereocenters. The highest BCUT2D eigenvalue weighted by atomic mass is 19.1. The Morgan fingerprint density at radius 1 is 1.35 bits per heavy atom. The predicted molar refractivity (Wildman–Crippen MR) is 66.8 cm³/mol. The van der Waals surface area contributed by atoms with Crippen LogP contribution in [-0.2, 0) is 11.3 Å². The lowest BCUT2D eigenvalue weighted by atomic mass is 10.2. The summed E-state index contributed by atoms with van der Waals surface area (Å²) in [5.74, 6) is -1.95. The molecule has 2 rings (SSSR count). The number of hydrogen-bond donors (Lipinski definition) is 1. The molecule has 1 N–H and O–H groups in total. The molecule has 0 aliphatic heterocycles. The van der Waals surface area contributed by atoms with Crippen molar-refractivity contribution in [2.45, 2.75) is 6.54 Å². The molecule has 0 spiro atoms. The van der Waals surface area contributed by atoms with Gasteiger partial charge in [0.05, 0.1) is 6.20 Å². The van der Waals surface area contributed by atoms with Crippen LogP contribution in [-0.4, -0.2) is 39.0 Å². The molecule has 8 heteroatoms. The number of aromatic nitrogens is 3. The van der Waals surface area contributed by atoms with Crippen LogP contribution in [0.3, 0.4) is 0 Å². The maximum Gasteiger partial charge on any atom is 0.325 e. The molecule has 7 nitrogen and oxygen atoms in total. The largest absolute Gasteiger partial charge is 0.480 e. The van der Waals surface area contributed by atoms with Gasteiger partial charge in [-0.05, 0) is 24.3 Å². The number of benzene rings is 1. The van der Waals surface area contributed by atoms with E-state index < -0.39 is 17.7 Å². The van der Waals surface area contributed by atoms with E-state index in [1.807, 2.05) is 0 Å². The van der Waals surface area contributed by atoms with Gasteiger partial charge in [0, 0.05) is 12.7 Å². The zero-order chi connectivity index (χ0) is 14.7. The number of carbonyl (C=O) groups excluding carboxylic acids is 1. The summed E-state index contributed by atoms with van der Waals surface area (Å²) >= 11 is 0. The van der Waals surface area contributed by atoms with Crippen LogP contribution in [0.1, 0.15) is 10.5 Å². The number of carboxylic acids is 1. The van der Waals surface area contributed by atoms with Crippen molar-refractivity contribution in [2.75, 3.05) is 11.9 Å². The standard InChI is InChI=1S/C12H11FN4O3/c1-16(9-4-2-8(13)3-5-9)12(20)10-6-17(15-14-10)7-11(18)19/h2-6H,7H2,1H3,(H,18,19). The lowest BCUT2D eigenvalue weighted by Gasteiger charge is -2.15. The highest BCUT2D eigenvalue weighted by Crippen LogP contribution is 2.15. The SMILES string of the molecule is CN(C(=O)c1cn(CC(=O)O)nn1)c1ccc(F)cc1. The van der Waals surface area contributed by atoms with Crippen molar-refractivity contribution in [3.05, 3.63) is 42.0 Å². The molecule has 0 aliphatic rings. The van der Waals surface area contributed by atoms with E-state index in [2.05, 4.69) is 10.3 Å². The van der Waals surface area contributed by atoms with Gasteiger partial charge in [0.1, 0.15) is 12.4 Å². The Kier molecular flexibility index (Phi) is 3.74. The number of carboxylic acid groups (broad SMARTS) is 1. The summed E-state index contributed by atoms with van der Waals surface area (Å²) < 4.78 is 13.9. The van der Waals surface area contributed by atoms with Crippen molar-refractivity contribution in [1.29, 1.82) is 0 Å². The maximum absolute atomic E-state index is 12.8. The summed E-state index contributed by atoms with van der Waals surface area (Å²) in [7, 11) is 1.51. The first-order chi connectivity index (χ1) is 9.47. The molecule has 0 saturated heterocycles. The molecule has 0 radical (unpaired) electrons. The van der Waals surface area contributed by atoms with Crippen LogP contribution in [0.5, 0.6) is 0 Å². The summed E-state index contributed by atoms with van der Waals surface area (Å²) in [5, 5.41) is 15.8. The molecular weight excluding hydrogens is 267 g/mol. The van der Waals surface area contributed by atoms with Crippen molar-refractivity contribution >= 4 is 17.6 Å². The summed E-state index contributed by atoms with van der Waals surface area (Å²) in [6.07, 6.45) is 1.25. The van der Waals surface area contributed by atoms with Crippen molar-refractivity contribution in [2.24, 2.45) is 0 Å². The fourth-order valence-corrected chi connectivity index (χ4v) is 1.57. The van der Waals surface area contributed by atoms with Crippen molar-refractivity contribution < 1.29 is 19.1 Å². The summed E-state index contributed by atoms with van der Waals surface area (Å²) in [6, 6.07) is 5.38. The molecule has 1 heterocycles. The Labute approximate surface area is 113 Å². The van der Waals surface area contributed by atoms with Gasteiger partial charge in [0.15, 0.2) is 5.69 Å². The summed E-state index contributed by atoms with van der Waals surface area (Å²) in [4.78, 5) is 23.9. The number of hydrogen-bond acceptors (Lipinski definition) is 4. The normalized spacial score (nSPS) is 10.3. The van der Waals surface area contributed by atoms with E-state index >= 15 is 0 Å². The van der Waals surface area contributed by atoms with E-state index in [9.17, 15) is 14.0 Å². The second-order valence-electron chi connectivity index (χ2n) is 4.04. The first-order valence-corrected chi connectivity index (χ1v) is 5.63. The third-order valence-electron chi connectivity index (χ3n) is 2.57. The molecule has 0 unspecified atom stereocenters. The molecule has 1 aromatic heterocycles.